The Morgan fingerprint density at radius 3 is 2.81 bits per heavy atom. The van der Waals surface area contributed by atoms with Crippen molar-refractivity contribution in [2.45, 2.75) is 38.5 Å². The van der Waals surface area contributed by atoms with Gasteiger partial charge < -0.3 is 10.1 Å². The SMILES string of the molecule is C[C@@H]1CN(C2CC2)C[C@@H]1NC(=O)c1ccnc(OCc2ccccc2)c1. The lowest BCUT2D eigenvalue weighted by Gasteiger charge is -2.17. The quantitative estimate of drug-likeness (QED) is 0.869. The molecular formula is C21H25N3O2. The third-order valence-corrected chi connectivity index (χ3v) is 5.25. The van der Waals surface area contributed by atoms with Gasteiger partial charge in [0.2, 0.25) is 5.88 Å². The van der Waals surface area contributed by atoms with Crippen LogP contribution in [0.15, 0.2) is 48.7 Å². The van der Waals surface area contributed by atoms with E-state index >= 15 is 0 Å². The Balaban J connectivity index is 1.35. The van der Waals surface area contributed by atoms with Gasteiger partial charge in [-0.2, -0.15) is 0 Å². The van der Waals surface area contributed by atoms with Crippen LogP contribution in [0.4, 0.5) is 0 Å². The highest BCUT2D eigenvalue weighted by Crippen LogP contribution is 2.31. The van der Waals surface area contributed by atoms with Gasteiger partial charge in [-0.1, -0.05) is 37.3 Å². The lowest BCUT2D eigenvalue weighted by Crippen LogP contribution is -2.40. The summed E-state index contributed by atoms with van der Waals surface area (Å²) in [4.78, 5) is 19.4. The summed E-state index contributed by atoms with van der Waals surface area (Å²) >= 11 is 0. The first kappa shape index (κ1) is 17.0. The first-order valence-electron chi connectivity index (χ1n) is 9.37. The van der Waals surface area contributed by atoms with Gasteiger partial charge in [0.1, 0.15) is 6.61 Å². The van der Waals surface area contributed by atoms with Crippen molar-refractivity contribution in [1.29, 1.82) is 0 Å². The monoisotopic (exact) mass is 351 g/mol. The molecule has 5 nitrogen and oxygen atoms in total. The molecule has 2 aromatic rings. The predicted octanol–water partition coefficient (Wildman–Crippen LogP) is 2.87. The third kappa shape index (κ3) is 4.05. The molecule has 136 valence electrons. The summed E-state index contributed by atoms with van der Waals surface area (Å²) in [5, 5.41) is 3.19. The molecule has 1 amide bonds. The number of hydrogen-bond donors (Lipinski definition) is 1. The molecule has 2 aliphatic rings. The zero-order valence-electron chi connectivity index (χ0n) is 15.1. The summed E-state index contributed by atoms with van der Waals surface area (Å²) in [5.41, 5.74) is 1.67. The fourth-order valence-corrected chi connectivity index (χ4v) is 3.54. The van der Waals surface area contributed by atoms with E-state index in [0.717, 1.165) is 24.7 Å². The maximum absolute atomic E-state index is 12.7. The van der Waals surface area contributed by atoms with E-state index in [-0.39, 0.29) is 11.9 Å². The minimum atomic E-state index is -0.0496. The van der Waals surface area contributed by atoms with E-state index in [1.54, 1.807) is 18.3 Å². The number of aromatic nitrogens is 1. The average molecular weight is 351 g/mol. The molecule has 1 N–H and O–H groups in total. The zero-order valence-corrected chi connectivity index (χ0v) is 15.1. The predicted molar refractivity (Wildman–Crippen MR) is 100 cm³/mol. The van der Waals surface area contributed by atoms with E-state index in [9.17, 15) is 4.79 Å². The van der Waals surface area contributed by atoms with Crippen molar-refractivity contribution in [3.63, 3.8) is 0 Å². The number of pyridine rings is 1. The molecule has 2 fully saturated rings. The van der Waals surface area contributed by atoms with Gasteiger partial charge >= 0.3 is 0 Å². The Morgan fingerprint density at radius 2 is 2.04 bits per heavy atom. The van der Waals surface area contributed by atoms with Crippen LogP contribution in [0.3, 0.4) is 0 Å². The van der Waals surface area contributed by atoms with Crippen LogP contribution in [0.2, 0.25) is 0 Å². The number of benzene rings is 1. The number of likely N-dealkylation sites (tertiary alicyclic amines) is 1. The lowest BCUT2D eigenvalue weighted by atomic mass is 10.1. The van der Waals surface area contributed by atoms with Crippen molar-refractivity contribution in [1.82, 2.24) is 15.2 Å². The molecule has 0 spiro atoms. The Morgan fingerprint density at radius 1 is 1.23 bits per heavy atom. The van der Waals surface area contributed by atoms with Crippen LogP contribution in [0.5, 0.6) is 5.88 Å². The maximum Gasteiger partial charge on any atom is 0.251 e. The number of nitrogens with one attached hydrogen (secondary N) is 1. The molecular weight excluding hydrogens is 326 g/mol. The maximum atomic E-state index is 12.7. The Hall–Kier alpha value is -2.40. The number of carbonyl (C=O) groups excluding carboxylic acids is 1. The van der Waals surface area contributed by atoms with Gasteiger partial charge in [0, 0.05) is 43.0 Å². The third-order valence-electron chi connectivity index (χ3n) is 5.25. The highest BCUT2D eigenvalue weighted by Gasteiger charge is 2.38. The molecule has 1 saturated carbocycles. The second-order valence-corrected chi connectivity index (χ2v) is 7.40. The van der Waals surface area contributed by atoms with Crippen LogP contribution in [-0.2, 0) is 6.61 Å². The molecule has 5 heteroatoms. The molecule has 1 aromatic heterocycles. The van der Waals surface area contributed by atoms with E-state index in [0.29, 0.717) is 24.0 Å². The number of ether oxygens (including phenoxy) is 1. The minimum Gasteiger partial charge on any atom is -0.473 e. The van der Waals surface area contributed by atoms with Gasteiger partial charge in [-0.15, -0.1) is 0 Å². The first-order valence-corrected chi connectivity index (χ1v) is 9.37. The molecule has 26 heavy (non-hydrogen) atoms. The highest BCUT2D eigenvalue weighted by atomic mass is 16.5. The largest absolute Gasteiger partial charge is 0.473 e. The highest BCUT2D eigenvalue weighted by molar-refractivity contribution is 5.94. The molecule has 2 heterocycles. The summed E-state index contributed by atoms with van der Waals surface area (Å²) in [6, 6.07) is 14.4. The van der Waals surface area contributed by atoms with Gasteiger partial charge in [-0.3, -0.25) is 9.69 Å². The fourth-order valence-electron chi connectivity index (χ4n) is 3.54. The van der Waals surface area contributed by atoms with E-state index in [2.05, 4.69) is 22.1 Å². The molecule has 0 bridgehead atoms. The number of nitrogens with zero attached hydrogens (tertiary/aromatic N) is 2. The molecule has 1 aromatic carbocycles. The Labute approximate surface area is 154 Å². The van der Waals surface area contributed by atoms with Crippen molar-refractivity contribution in [2.75, 3.05) is 13.1 Å². The van der Waals surface area contributed by atoms with Gasteiger partial charge in [-0.25, -0.2) is 4.98 Å². The second-order valence-electron chi connectivity index (χ2n) is 7.40. The molecule has 0 unspecified atom stereocenters. The van der Waals surface area contributed by atoms with Gasteiger partial charge in [-0.05, 0) is 30.4 Å². The van der Waals surface area contributed by atoms with E-state index in [1.807, 2.05) is 30.3 Å². The van der Waals surface area contributed by atoms with Crippen LogP contribution < -0.4 is 10.1 Å². The molecule has 4 rings (SSSR count). The van der Waals surface area contributed by atoms with E-state index < -0.39 is 0 Å². The summed E-state index contributed by atoms with van der Waals surface area (Å²) in [6.07, 6.45) is 4.24. The van der Waals surface area contributed by atoms with Crippen molar-refractivity contribution in [3.05, 3.63) is 59.8 Å². The summed E-state index contributed by atoms with van der Waals surface area (Å²) in [5.74, 6) is 0.905. The molecule has 1 saturated heterocycles. The minimum absolute atomic E-state index is 0.0496. The number of rotatable bonds is 6. The normalized spacial score (nSPS) is 23.0. The van der Waals surface area contributed by atoms with Crippen LogP contribution in [0, 0.1) is 5.92 Å². The molecule has 2 atom stereocenters. The fraction of sp³-hybridized carbons (Fsp3) is 0.429. The number of carbonyl (C=O) groups is 1. The van der Waals surface area contributed by atoms with Crippen molar-refractivity contribution >= 4 is 5.91 Å². The number of hydrogen-bond acceptors (Lipinski definition) is 4. The first-order chi connectivity index (χ1) is 12.7. The standard InChI is InChI=1S/C21H25N3O2/c1-15-12-24(18-7-8-18)13-19(15)23-21(25)17-9-10-22-20(11-17)26-14-16-5-3-2-4-6-16/h2-6,9-11,15,18-19H,7-8,12-14H2,1H3,(H,23,25)/t15-,19+/m1/s1. The van der Waals surface area contributed by atoms with Crippen LogP contribution in [0.1, 0.15) is 35.7 Å². The molecule has 1 aliphatic carbocycles. The van der Waals surface area contributed by atoms with Crippen molar-refractivity contribution < 1.29 is 9.53 Å². The van der Waals surface area contributed by atoms with Gasteiger partial charge in [0.25, 0.3) is 5.91 Å². The summed E-state index contributed by atoms with van der Waals surface area (Å²) in [6.45, 7) is 4.70. The number of amides is 1. The molecule has 1 aliphatic heterocycles. The average Bonchev–Trinajstić information content (AvgIpc) is 3.46. The Kier molecular flexibility index (Phi) is 4.89. The van der Waals surface area contributed by atoms with Crippen LogP contribution >= 0.6 is 0 Å². The van der Waals surface area contributed by atoms with Crippen LogP contribution in [0.25, 0.3) is 0 Å². The summed E-state index contributed by atoms with van der Waals surface area (Å²) < 4.78 is 5.73. The smallest absolute Gasteiger partial charge is 0.251 e. The topological polar surface area (TPSA) is 54.5 Å². The zero-order chi connectivity index (χ0) is 17.9. The Bertz CT molecular complexity index is 761. The van der Waals surface area contributed by atoms with E-state index in [4.69, 9.17) is 4.74 Å². The molecule has 0 radical (unpaired) electrons. The van der Waals surface area contributed by atoms with Gasteiger partial charge in [0.15, 0.2) is 0 Å². The van der Waals surface area contributed by atoms with Crippen molar-refractivity contribution in [2.24, 2.45) is 5.92 Å². The van der Waals surface area contributed by atoms with Crippen molar-refractivity contribution in [3.8, 4) is 5.88 Å². The van der Waals surface area contributed by atoms with E-state index in [1.165, 1.54) is 12.8 Å². The van der Waals surface area contributed by atoms with Crippen LogP contribution in [-0.4, -0.2) is 41.0 Å². The van der Waals surface area contributed by atoms with Gasteiger partial charge in [0.05, 0.1) is 0 Å². The second kappa shape index (κ2) is 7.46. The lowest BCUT2D eigenvalue weighted by molar-refractivity contribution is 0.0930. The summed E-state index contributed by atoms with van der Waals surface area (Å²) in [7, 11) is 0.